The highest BCUT2D eigenvalue weighted by Crippen LogP contribution is 2.30. The first-order valence-electron chi connectivity index (χ1n) is 4.22. The maximum atomic E-state index is 5.49. The van der Waals surface area contributed by atoms with E-state index in [9.17, 15) is 0 Å². The van der Waals surface area contributed by atoms with Gasteiger partial charge < -0.3 is 14.2 Å². The third kappa shape index (κ3) is 2.94. The Morgan fingerprint density at radius 2 is 1.93 bits per heavy atom. The molecule has 0 saturated carbocycles. The Balaban J connectivity index is 2.82. The SMILES string of the molecule is COc1ccc(OCCI)c(OC)c1. The number of hydrogen-bond donors (Lipinski definition) is 0. The highest BCUT2D eigenvalue weighted by Gasteiger charge is 2.05. The molecule has 0 unspecified atom stereocenters. The molecule has 3 nitrogen and oxygen atoms in total. The van der Waals surface area contributed by atoms with E-state index in [1.165, 1.54) is 0 Å². The van der Waals surface area contributed by atoms with Gasteiger partial charge in [0.1, 0.15) is 5.75 Å². The van der Waals surface area contributed by atoms with Gasteiger partial charge in [0.2, 0.25) is 0 Å². The number of rotatable bonds is 5. The maximum absolute atomic E-state index is 5.49. The topological polar surface area (TPSA) is 27.7 Å². The third-order valence-electron chi connectivity index (χ3n) is 1.71. The van der Waals surface area contributed by atoms with Crippen molar-refractivity contribution < 1.29 is 14.2 Å². The fraction of sp³-hybridized carbons (Fsp3) is 0.400. The molecule has 0 spiro atoms. The Hall–Kier alpha value is -0.650. The van der Waals surface area contributed by atoms with E-state index in [-0.39, 0.29) is 0 Å². The molecule has 0 saturated heterocycles. The zero-order valence-electron chi connectivity index (χ0n) is 8.25. The molecule has 0 bridgehead atoms. The molecule has 0 N–H and O–H groups in total. The highest BCUT2D eigenvalue weighted by atomic mass is 127. The Bertz CT molecular complexity index is 289. The van der Waals surface area contributed by atoms with Gasteiger partial charge in [-0.25, -0.2) is 0 Å². The number of hydrogen-bond acceptors (Lipinski definition) is 3. The van der Waals surface area contributed by atoms with Crippen LogP contribution in [0.5, 0.6) is 17.2 Å². The first-order valence-corrected chi connectivity index (χ1v) is 5.75. The summed E-state index contributed by atoms with van der Waals surface area (Å²) in [5.74, 6) is 2.22. The molecule has 0 aliphatic rings. The molecule has 14 heavy (non-hydrogen) atoms. The summed E-state index contributed by atoms with van der Waals surface area (Å²) in [4.78, 5) is 0. The lowest BCUT2D eigenvalue weighted by atomic mass is 10.3. The lowest BCUT2D eigenvalue weighted by molar-refractivity contribution is 0.313. The fourth-order valence-corrected chi connectivity index (χ4v) is 1.26. The van der Waals surface area contributed by atoms with E-state index in [0.717, 1.165) is 15.9 Å². The van der Waals surface area contributed by atoms with Gasteiger partial charge in [0.25, 0.3) is 0 Å². The van der Waals surface area contributed by atoms with Crippen molar-refractivity contribution in [3.05, 3.63) is 18.2 Å². The second kappa shape index (κ2) is 5.95. The zero-order chi connectivity index (χ0) is 10.4. The molecule has 0 aromatic heterocycles. The van der Waals surface area contributed by atoms with Crippen molar-refractivity contribution in [2.75, 3.05) is 25.3 Å². The summed E-state index contributed by atoms with van der Waals surface area (Å²) in [5, 5.41) is 0. The summed E-state index contributed by atoms with van der Waals surface area (Å²) in [7, 11) is 3.24. The second-order valence-corrected chi connectivity index (χ2v) is 3.63. The summed E-state index contributed by atoms with van der Waals surface area (Å²) in [6, 6.07) is 5.51. The van der Waals surface area contributed by atoms with Crippen LogP contribution in [-0.2, 0) is 0 Å². The first-order chi connectivity index (χ1) is 6.81. The van der Waals surface area contributed by atoms with Crippen molar-refractivity contribution in [2.45, 2.75) is 0 Å². The van der Waals surface area contributed by atoms with Crippen molar-refractivity contribution in [1.82, 2.24) is 0 Å². The predicted octanol–water partition coefficient (Wildman–Crippen LogP) is 2.52. The minimum atomic E-state index is 0.684. The lowest BCUT2D eigenvalue weighted by Crippen LogP contribution is -1.99. The van der Waals surface area contributed by atoms with Crippen LogP contribution in [0.4, 0.5) is 0 Å². The molecule has 4 heteroatoms. The average Bonchev–Trinajstić information content (AvgIpc) is 2.26. The summed E-state index contributed by atoms with van der Waals surface area (Å²) >= 11 is 2.26. The number of ether oxygens (including phenoxy) is 3. The van der Waals surface area contributed by atoms with Crippen molar-refractivity contribution >= 4 is 22.6 Å². The largest absolute Gasteiger partial charge is 0.497 e. The number of alkyl halides is 1. The van der Waals surface area contributed by atoms with Crippen LogP contribution in [0.2, 0.25) is 0 Å². The molecule has 1 aromatic rings. The van der Waals surface area contributed by atoms with Crippen LogP contribution in [0, 0.1) is 0 Å². The van der Waals surface area contributed by atoms with Crippen molar-refractivity contribution in [1.29, 1.82) is 0 Å². The Kier molecular flexibility index (Phi) is 4.86. The van der Waals surface area contributed by atoms with Crippen LogP contribution in [-0.4, -0.2) is 25.3 Å². The molecule has 0 heterocycles. The normalized spacial score (nSPS) is 9.64. The van der Waals surface area contributed by atoms with Gasteiger partial charge in [-0.2, -0.15) is 0 Å². The van der Waals surface area contributed by atoms with Crippen LogP contribution in [0.3, 0.4) is 0 Å². The summed E-state index contributed by atoms with van der Waals surface area (Å²) in [6.45, 7) is 0.684. The van der Waals surface area contributed by atoms with Crippen LogP contribution in [0.15, 0.2) is 18.2 Å². The first kappa shape index (κ1) is 11.4. The second-order valence-electron chi connectivity index (χ2n) is 2.55. The van der Waals surface area contributed by atoms with Gasteiger partial charge >= 0.3 is 0 Å². The van der Waals surface area contributed by atoms with E-state index in [2.05, 4.69) is 22.6 Å². The minimum absolute atomic E-state index is 0.684. The third-order valence-corrected chi connectivity index (χ3v) is 2.15. The van der Waals surface area contributed by atoms with Gasteiger partial charge in [-0.3, -0.25) is 0 Å². The van der Waals surface area contributed by atoms with Gasteiger partial charge in [0.15, 0.2) is 11.5 Å². The summed E-state index contributed by atoms with van der Waals surface area (Å²) in [5.41, 5.74) is 0. The van der Waals surface area contributed by atoms with Gasteiger partial charge in [0, 0.05) is 10.5 Å². The maximum Gasteiger partial charge on any atom is 0.164 e. The number of benzene rings is 1. The Morgan fingerprint density at radius 3 is 2.50 bits per heavy atom. The van der Waals surface area contributed by atoms with Crippen LogP contribution in [0.1, 0.15) is 0 Å². The standard InChI is InChI=1S/C10H13IO3/c1-12-8-3-4-9(14-6-5-11)10(7-8)13-2/h3-4,7H,5-6H2,1-2H3. The van der Waals surface area contributed by atoms with Crippen molar-refractivity contribution in [3.8, 4) is 17.2 Å². The molecule has 1 aromatic carbocycles. The van der Waals surface area contributed by atoms with Crippen LogP contribution in [0.25, 0.3) is 0 Å². The Labute approximate surface area is 97.5 Å². The molecular weight excluding hydrogens is 295 g/mol. The van der Waals surface area contributed by atoms with Gasteiger partial charge in [-0.15, -0.1) is 0 Å². The smallest absolute Gasteiger partial charge is 0.164 e. The number of methoxy groups -OCH3 is 2. The monoisotopic (exact) mass is 308 g/mol. The van der Waals surface area contributed by atoms with Crippen molar-refractivity contribution in [3.63, 3.8) is 0 Å². The minimum Gasteiger partial charge on any atom is -0.497 e. The van der Waals surface area contributed by atoms with E-state index < -0.39 is 0 Å². The summed E-state index contributed by atoms with van der Waals surface area (Å²) in [6.07, 6.45) is 0. The molecular formula is C10H13IO3. The van der Waals surface area contributed by atoms with E-state index in [4.69, 9.17) is 14.2 Å². The van der Waals surface area contributed by atoms with Crippen LogP contribution < -0.4 is 14.2 Å². The molecule has 0 atom stereocenters. The highest BCUT2D eigenvalue weighted by molar-refractivity contribution is 14.1. The molecule has 0 aliphatic heterocycles. The van der Waals surface area contributed by atoms with Gasteiger partial charge in [-0.1, -0.05) is 22.6 Å². The van der Waals surface area contributed by atoms with Gasteiger partial charge in [-0.05, 0) is 12.1 Å². The molecule has 0 radical (unpaired) electrons. The quantitative estimate of drug-likeness (QED) is 0.618. The average molecular weight is 308 g/mol. The number of halogens is 1. The van der Waals surface area contributed by atoms with E-state index in [1.54, 1.807) is 14.2 Å². The molecule has 78 valence electrons. The van der Waals surface area contributed by atoms with Crippen LogP contribution >= 0.6 is 22.6 Å². The Morgan fingerprint density at radius 1 is 1.14 bits per heavy atom. The van der Waals surface area contributed by atoms with E-state index >= 15 is 0 Å². The summed E-state index contributed by atoms with van der Waals surface area (Å²) < 4.78 is 16.7. The van der Waals surface area contributed by atoms with Crippen molar-refractivity contribution in [2.24, 2.45) is 0 Å². The zero-order valence-corrected chi connectivity index (χ0v) is 10.4. The molecule has 0 aliphatic carbocycles. The van der Waals surface area contributed by atoms with Gasteiger partial charge in [0.05, 0.1) is 20.8 Å². The predicted molar refractivity (Wildman–Crippen MR) is 63.9 cm³/mol. The van der Waals surface area contributed by atoms with E-state index in [0.29, 0.717) is 12.4 Å². The molecule has 0 amide bonds. The molecule has 1 rings (SSSR count). The lowest BCUT2D eigenvalue weighted by Gasteiger charge is -2.10. The molecule has 0 fully saturated rings. The van der Waals surface area contributed by atoms with E-state index in [1.807, 2.05) is 18.2 Å². The fourth-order valence-electron chi connectivity index (χ4n) is 1.04.